The van der Waals surface area contributed by atoms with E-state index in [9.17, 15) is 0 Å². The van der Waals surface area contributed by atoms with Gasteiger partial charge in [-0.2, -0.15) is 0 Å². The molecule has 0 amide bonds. The van der Waals surface area contributed by atoms with E-state index in [0.29, 0.717) is 0 Å². The van der Waals surface area contributed by atoms with Gasteiger partial charge in [-0.05, 0) is 13.0 Å². The van der Waals surface area contributed by atoms with Gasteiger partial charge in [-0.25, -0.2) is 9.97 Å². The zero-order valence-corrected chi connectivity index (χ0v) is 9.01. The van der Waals surface area contributed by atoms with Gasteiger partial charge in [-0.3, -0.25) is 0 Å². The summed E-state index contributed by atoms with van der Waals surface area (Å²) >= 11 is 0. The lowest BCUT2D eigenvalue weighted by atomic mass is 10.4. The van der Waals surface area contributed by atoms with E-state index in [4.69, 9.17) is 0 Å². The van der Waals surface area contributed by atoms with Crippen molar-refractivity contribution in [2.24, 2.45) is 7.05 Å². The molecule has 2 aromatic rings. The van der Waals surface area contributed by atoms with Gasteiger partial charge in [0.05, 0.1) is 5.39 Å². The van der Waals surface area contributed by atoms with E-state index in [1.807, 2.05) is 23.9 Å². The fraction of sp³-hybridized carbons (Fsp3) is 0.333. The monoisotopic (exact) mass is 212 g/mol. The van der Waals surface area contributed by atoms with Gasteiger partial charge in [-0.15, -0.1) is 12.4 Å². The highest BCUT2D eigenvalue weighted by molar-refractivity contribution is 5.87. The molecule has 2 aromatic heterocycles. The van der Waals surface area contributed by atoms with Crippen molar-refractivity contribution in [3.8, 4) is 0 Å². The van der Waals surface area contributed by atoms with Gasteiger partial charge < -0.3 is 9.88 Å². The minimum absolute atomic E-state index is 0. The summed E-state index contributed by atoms with van der Waals surface area (Å²) in [7, 11) is 1.98. The summed E-state index contributed by atoms with van der Waals surface area (Å²) < 4.78 is 1.98. The SMILES string of the molecule is CCNc1ncnc2c1ccn2C.Cl. The van der Waals surface area contributed by atoms with Crippen LogP contribution in [0.1, 0.15) is 6.92 Å². The number of aryl methyl sites for hydroxylation is 1. The number of aromatic nitrogens is 3. The third-order valence-electron chi connectivity index (χ3n) is 2.01. The molecule has 0 saturated heterocycles. The summed E-state index contributed by atoms with van der Waals surface area (Å²) in [5.74, 6) is 0.910. The second kappa shape index (κ2) is 4.28. The van der Waals surface area contributed by atoms with E-state index in [-0.39, 0.29) is 12.4 Å². The number of hydrogen-bond acceptors (Lipinski definition) is 3. The molecule has 0 spiro atoms. The smallest absolute Gasteiger partial charge is 0.145 e. The Morgan fingerprint density at radius 1 is 1.43 bits per heavy atom. The van der Waals surface area contributed by atoms with Crippen molar-refractivity contribution in [2.45, 2.75) is 6.92 Å². The lowest BCUT2D eigenvalue weighted by Crippen LogP contribution is -2.00. The molecular formula is C9H13ClN4. The van der Waals surface area contributed by atoms with Crippen LogP contribution in [0, 0.1) is 0 Å². The number of fused-ring (bicyclic) bond motifs is 1. The quantitative estimate of drug-likeness (QED) is 0.826. The lowest BCUT2D eigenvalue weighted by molar-refractivity contribution is 0.943. The van der Waals surface area contributed by atoms with Gasteiger partial charge in [0.2, 0.25) is 0 Å². The summed E-state index contributed by atoms with van der Waals surface area (Å²) in [5, 5.41) is 4.28. The maximum atomic E-state index is 4.20. The second-order valence-electron chi connectivity index (χ2n) is 2.92. The van der Waals surface area contributed by atoms with Crippen molar-refractivity contribution in [1.29, 1.82) is 0 Å². The van der Waals surface area contributed by atoms with Crippen LogP contribution in [0.25, 0.3) is 11.0 Å². The molecule has 0 radical (unpaired) electrons. The van der Waals surface area contributed by atoms with Crippen LogP contribution in [0.3, 0.4) is 0 Å². The average Bonchev–Trinajstić information content (AvgIpc) is 2.50. The first-order valence-corrected chi connectivity index (χ1v) is 4.33. The van der Waals surface area contributed by atoms with Gasteiger partial charge in [0, 0.05) is 19.8 Å². The molecular weight excluding hydrogens is 200 g/mol. The average molecular weight is 213 g/mol. The molecule has 4 nitrogen and oxygen atoms in total. The molecule has 0 atom stereocenters. The highest BCUT2D eigenvalue weighted by Gasteiger charge is 2.04. The van der Waals surface area contributed by atoms with Crippen LogP contribution in [-0.2, 0) is 7.05 Å². The number of nitrogens with one attached hydrogen (secondary N) is 1. The first kappa shape index (κ1) is 10.8. The molecule has 0 unspecified atom stereocenters. The molecule has 0 aliphatic carbocycles. The number of rotatable bonds is 2. The Kier molecular flexibility index (Phi) is 3.30. The van der Waals surface area contributed by atoms with Crippen LogP contribution in [-0.4, -0.2) is 21.1 Å². The van der Waals surface area contributed by atoms with E-state index >= 15 is 0 Å². The molecule has 0 saturated carbocycles. The molecule has 0 aliphatic heterocycles. The van der Waals surface area contributed by atoms with Gasteiger partial charge in [0.1, 0.15) is 17.8 Å². The van der Waals surface area contributed by atoms with Crippen molar-refractivity contribution in [2.75, 3.05) is 11.9 Å². The Balaban J connectivity index is 0.000000980. The van der Waals surface area contributed by atoms with Crippen LogP contribution in [0.4, 0.5) is 5.82 Å². The van der Waals surface area contributed by atoms with Crippen LogP contribution in [0.5, 0.6) is 0 Å². The van der Waals surface area contributed by atoms with E-state index < -0.39 is 0 Å². The minimum Gasteiger partial charge on any atom is -0.370 e. The number of nitrogens with zero attached hydrogens (tertiary/aromatic N) is 3. The van der Waals surface area contributed by atoms with Crippen molar-refractivity contribution in [1.82, 2.24) is 14.5 Å². The Morgan fingerprint density at radius 3 is 2.93 bits per heavy atom. The first-order chi connectivity index (χ1) is 6.33. The fourth-order valence-electron chi connectivity index (χ4n) is 1.39. The highest BCUT2D eigenvalue weighted by Crippen LogP contribution is 2.18. The van der Waals surface area contributed by atoms with Gasteiger partial charge in [-0.1, -0.05) is 0 Å². The third kappa shape index (κ3) is 1.65. The van der Waals surface area contributed by atoms with Crippen molar-refractivity contribution in [3.05, 3.63) is 18.6 Å². The highest BCUT2D eigenvalue weighted by atomic mass is 35.5. The van der Waals surface area contributed by atoms with Crippen LogP contribution in [0.2, 0.25) is 0 Å². The Hall–Kier alpha value is -1.29. The number of halogens is 1. The maximum Gasteiger partial charge on any atom is 0.145 e. The summed E-state index contributed by atoms with van der Waals surface area (Å²) in [6, 6.07) is 2.02. The first-order valence-electron chi connectivity index (χ1n) is 4.33. The minimum atomic E-state index is 0. The van der Waals surface area contributed by atoms with Crippen molar-refractivity contribution >= 4 is 29.3 Å². The van der Waals surface area contributed by atoms with Gasteiger partial charge in [0.15, 0.2) is 0 Å². The van der Waals surface area contributed by atoms with Gasteiger partial charge in [0.25, 0.3) is 0 Å². The Labute approximate surface area is 88.8 Å². The third-order valence-corrected chi connectivity index (χ3v) is 2.01. The van der Waals surface area contributed by atoms with Crippen molar-refractivity contribution < 1.29 is 0 Å². The summed E-state index contributed by atoms with van der Waals surface area (Å²) in [6.45, 7) is 2.93. The van der Waals surface area contributed by atoms with E-state index in [1.165, 1.54) is 0 Å². The van der Waals surface area contributed by atoms with E-state index in [1.54, 1.807) is 6.33 Å². The predicted molar refractivity (Wildman–Crippen MR) is 59.9 cm³/mol. The predicted octanol–water partition coefficient (Wildman–Crippen LogP) is 1.82. The van der Waals surface area contributed by atoms with Crippen molar-refractivity contribution in [3.63, 3.8) is 0 Å². The molecule has 1 N–H and O–H groups in total. The Morgan fingerprint density at radius 2 is 2.21 bits per heavy atom. The van der Waals surface area contributed by atoms with Crippen LogP contribution in [0.15, 0.2) is 18.6 Å². The normalized spacial score (nSPS) is 9.86. The zero-order valence-electron chi connectivity index (χ0n) is 8.19. The van der Waals surface area contributed by atoms with Gasteiger partial charge >= 0.3 is 0 Å². The molecule has 0 aliphatic rings. The number of hydrogen-bond donors (Lipinski definition) is 1. The standard InChI is InChI=1S/C9H12N4.ClH/c1-3-10-8-7-4-5-13(2)9(7)12-6-11-8;/h4-6H,3H2,1-2H3,(H,10,11,12);1H. The Bertz CT molecular complexity index is 424. The summed E-state index contributed by atoms with van der Waals surface area (Å²) in [5.41, 5.74) is 0.964. The molecule has 14 heavy (non-hydrogen) atoms. The molecule has 0 fully saturated rings. The molecule has 5 heteroatoms. The topological polar surface area (TPSA) is 42.7 Å². The van der Waals surface area contributed by atoms with E-state index in [2.05, 4.69) is 22.2 Å². The molecule has 2 rings (SSSR count). The molecule has 0 bridgehead atoms. The molecule has 76 valence electrons. The molecule has 2 heterocycles. The largest absolute Gasteiger partial charge is 0.370 e. The summed E-state index contributed by atoms with van der Waals surface area (Å²) in [6.07, 6.45) is 3.57. The summed E-state index contributed by atoms with van der Waals surface area (Å²) in [4.78, 5) is 8.37. The zero-order chi connectivity index (χ0) is 9.26. The van der Waals surface area contributed by atoms with Crippen LogP contribution >= 0.6 is 12.4 Å². The molecule has 0 aromatic carbocycles. The number of anilines is 1. The second-order valence-corrected chi connectivity index (χ2v) is 2.92. The fourth-order valence-corrected chi connectivity index (χ4v) is 1.39. The maximum absolute atomic E-state index is 4.20. The van der Waals surface area contributed by atoms with Crippen LogP contribution < -0.4 is 5.32 Å². The lowest BCUT2D eigenvalue weighted by Gasteiger charge is -2.02. The van der Waals surface area contributed by atoms with E-state index in [0.717, 1.165) is 23.4 Å².